The third kappa shape index (κ3) is 4.82. The van der Waals surface area contributed by atoms with E-state index < -0.39 is 0 Å². The second-order valence-corrected chi connectivity index (χ2v) is 10.6. The Morgan fingerprint density at radius 1 is 1.14 bits per heavy atom. The second kappa shape index (κ2) is 9.30. The molecule has 0 aromatic heterocycles. The lowest BCUT2D eigenvalue weighted by molar-refractivity contribution is 0.0277. The van der Waals surface area contributed by atoms with Crippen molar-refractivity contribution in [3.05, 3.63) is 36.0 Å². The molecule has 2 heteroatoms. The van der Waals surface area contributed by atoms with Crippen LogP contribution in [0.15, 0.2) is 36.0 Å². The van der Waals surface area contributed by atoms with Crippen LogP contribution in [0.2, 0.25) is 0 Å². The van der Waals surface area contributed by atoms with E-state index in [1.807, 2.05) is 0 Å². The van der Waals surface area contributed by atoms with Crippen LogP contribution in [0, 0.1) is 28.6 Å². The maximum atomic E-state index is 10.2. The summed E-state index contributed by atoms with van der Waals surface area (Å²) in [6.45, 7) is 18.0. The first-order chi connectivity index (χ1) is 13.0. The van der Waals surface area contributed by atoms with Crippen molar-refractivity contribution >= 4 is 0 Å². The smallest absolute Gasteiger partial charge is 0.0787 e. The number of aliphatic hydroxyl groups is 2. The molecule has 0 spiro atoms. The van der Waals surface area contributed by atoms with Crippen LogP contribution < -0.4 is 0 Å². The van der Waals surface area contributed by atoms with Gasteiger partial charge in [0.25, 0.3) is 0 Å². The largest absolute Gasteiger partial charge is 0.393 e. The minimum atomic E-state index is -0.360. The first kappa shape index (κ1) is 23.4. The third-order valence-corrected chi connectivity index (χ3v) is 8.51. The molecule has 0 amide bonds. The van der Waals surface area contributed by atoms with Crippen molar-refractivity contribution in [2.75, 3.05) is 0 Å². The van der Waals surface area contributed by atoms with Gasteiger partial charge >= 0.3 is 0 Å². The molecule has 0 bridgehead atoms. The molecular weight excluding hydrogens is 344 g/mol. The summed E-state index contributed by atoms with van der Waals surface area (Å²) < 4.78 is 0. The maximum Gasteiger partial charge on any atom is 0.0787 e. The third-order valence-electron chi connectivity index (χ3n) is 8.51. The summed E-state index contributed by atoms with van der Waals surface area (Å²) in [7, 11) is 0. The molecule has 0 saturated heterocycles. The lowest BCUT2D eigenvalue weighted by atomic mass is 9.59. The Balaban J connectivity index is 2.04. The highest BCUT2D eigenvalue weighted by atomic mass is 16.3. The summed E-state index contributed by atoms with van der Waals surface area (Å²) in [5, 5.41) is 20.2. The molecule has 0 radical (unpaired) electrons. The van der Waals surface area contributed by atoms with Gasteiger partial charge in [-0.2, -0.15) is 0 Å². The van der Waals surface area contributed by atoms with Crippen LogP contribution in [-0.4, -0.2) is 22.4 Å². The van der Waals surface area contributed by atoms with Gasteiger partial charge in [0.2, 0.25) is 0 Å². The normalized spacial score (nSPS) is 34.5. The molecule has 0 aromatic rings. The van der Waals surface area contributed by atoms with Crippen LogP contribution in [0.4, 0.5) is 0 Å². The zero-order chi connectivity index (χ0) is 21.1. The van der Waals surface area contributed by atoms with Crippen molar-refractivity contribution in [2.45, 2.75) is 98.7 Å². The van der Waals surface area contributed by atoms with Gasteiger partial charge in [0.15, 0.2) is 0 Å². The predicted octanol–water partition coefficient (Wildman–Crippen LogP) is 6.45. The van der Waals surface area contributed by atoms with E-state index in [-0.39, 0.29) is 23.0 Å². The summed E-state index contributed by atoms with van der Waals surface area (Å²) >= 11 is 0. The van der Waals surface area contributed by atoms with E-state index >= 15 is 0 Å². The number of aliphatic hydroxyl groups excluding tert-OH is 2. The van der Waals surface area contributed by atoms with Gasteiger partial charge < -0.3 is 10.2 Å². The number of allylic oxidation sites excluding steroid dienone is 3. The Labute approximate surface area is 173 Å². The molecule has 2 saturated carbocycles. The molecule has 4 unspecified atom stereocenters. The Morgan fingerprint density at radius 2 is 1.82 bits per heavy atom. The van der Waals surface area contributed by atoms with Gasteiger partial charge in [0.05, 0.1) is 12.2 Å². The van der Waals surface area contributed by atoms with Crippen LogP contribution in [0.3, 0.4) is 0 Å². The number of hydrogen-bond donors (Lipinski definition) is 2. The number of hydrogen-bond acceptors (Lipinski definition) is 2. The van der Waals surface area contributed by atoms with E-state index in [1.165, 1.54) is 18.4 Å². The molecule has 0 aromatic carbocycles. The molecule has 2 rings (SSSR count). The van der Waals surface area contributed by atoms with Crippen LogP contribution in [0.1, 0.15) is 86.5 Å². The molecule has 5 atom stereocenters. The SMILES string of the molecule is C=C1/C(=C\C=C\C2CC[C@](C)(C(C)CCC(O)C(C)C)C2(C)C)CCCC1O. The molecule has 28 heavy (non-hydrogen) atoms. The maximum absolute atomic E-state index is 10.2. The van der Waals surface area contributed by atoms with Crippen molar-refractivity contribution in [2.24, 2.45) is 28.6 Å². The highest BCUT2D eigenvalue weighted by molar-refractivity contribution is 5.36. The Hall–Kier alpha value is -0.860. The molecule has 2 fully saturated rings. The average Bonchev–Trinajstić information content (AvgIpc) is 2.87. The summed E-state index contributed by atoms with van der Waals surface area (Å²) in [5.41, 5.74) is 2.64. The van der Waals surface area contributed by atoms with Gasteiger partial charge in [0.1, 0.15) is 0 Å². The van der Waals surface area contributed by atoms with Crippen LogP contribution in [0.25, 0.3) is 0 Å². The Bertz CT molecular complexity index is 598. The minimum Gasteiger partial charge on any atom is -0.393 e. The highest BCUT2D eigenvalue weighted by Crippen LogP contribution is 2.60. The van der Waals surface area contributed by atoms with Gasteiger partial charge in [0, 0.05) is 0 Å². The Kier molecular flexibility index (Phi) is 7.78. The number of rotatable bonds is 7. The fraction of sp³-hybridized carbons (Fsp3) is 0.769. The van der Waals surface area contributed by atoms with Gasteiger partial charge in [-0.3, -0.25) is 0 Å². The summed E-state index contributed by atoms with van der Waals surface area (Å²) in [5.74, 6) is 1.50. The van der Waals surface area contributed by atoms with Gasteiger partial charge in [-0.25, -0.2) is 0 Å². The van der Waals surface area contributed by atoms with Gasteiger partial charge in [-0.1, -0.05) is 66.3 Å². The highest BCUT2D eigenvalue weighted by Gasteiger charge is 2.52. The van der Waals surface area contributed by atoms with E-state index in [0.29, 0.717) is 17.8 Å². The van der Waals surface area contributed by atoms with Crippen molar-refractivity contribution in [1.29, 1.82) is 0 Å². The first-order valence-electron chi connectivity index (χ1n) is 11.4. The predicted molar refractivity (Wildman–Crippen MR) is 120 cm³/mol. The molecule has 0 aliphatic heterocycles. The van der Waals surface area contributed by atoms with Gasteiger partial charge in [-0.15, -0.1) is 0 Å². The Morgan fingerprint density at radius 3 is 2.46 bits per heavy atom. The zero-order valence-electron chi connectivity index (χ0n) is 19.2. The van der Waals surface area contributed by atoms with Crippen LogP contribution >= 0.6 is 0 Å². The minimum absolute atomic E-state index is 0.183. The zero-order valence-corrected chi connectivity index (χ0v) is 19.2. The van der Waals surface area contributed by atoms with Gasteiger partial charge in [-0.05, 0) is 84.7 Å². The van der Waals surface area contributed by atoms with Crippen molar-refractivity contribution < 1.29 is 10.2 Å². The molecular formula is C26H44O2. The topological polar surface area (TPSA) is 40.5 Å². The van der Waals surface area contributed by atoms with E-state index in [0.717, 1.165) is 37.7 Å². The van der Waals surface area contributed by atoms with E-state index in [9.17, 15) is 10.2 Å². The molecule has 160 valence electrons. The van der Waals surface area contributed by atoms with Crippen molar-refractivity contribution in [3.8, 4) is 0 Å². The van der Waals surface area contributed by atoms with E-state index in [4.69, 9.17) is 0 Å². The average molecular weight is 389 g/mol. The van der Waals surface area contributed by atoms with Crippen molar-refractivity contribution in [3.63, 3.8) is 0 Å². The van der Waals surface area contributed by atoms with Crippen LogP contribution in [-0.2, 0) is 0 Å². The quantitative estimate of drug-likeness (QED) is 0.526. The van der Waals surface area contributed by atoms with Crippen LogP contribution in [0.5, 0.6) is 0 Å². The summed E-state index contributed by atoms with van der Waals surface area (Å²) in [6, 6.07) is 0. The van der Waals surface area contributed by atoms with E-state index in [2.05, 4.69) is 66.3 Å². The standard InChI is InChI=1S/C26H44O2/c1-18(2)23(27)15-14-19(3)26(7)17-16-22(25(26,5)6)12-8-10-21-11-9-13-24(28)20(21)4/h8,10,12,18-19,22-24,27-28H,4,9,11,13-17H2,1-3,5-7H3/b12-8+,21-10-/t19?,22?,23?,24?,26-/m1/s1. The fourth-order valence-corrected chi connectivity index (χ4v) is 5.38. The molecule has 0 heterocycles. The lowest BCUT2D eigenvalue weighted by Crippen LogP contribution is -2.39. The molecule has 2 nitrogen and oxygen atoms in total. The second-order valence-electron chi connectivity index (χ2n) is 10.6. The summed E-state index contributed by atoms with van der Waals surface area (Å²) in [4.78, 5) is 0. The first-order valence-corrected chi connectivity index (χ1v) is 11.4. The molecule has 2 aliphatic carbocycles. The monoisotopic (exact) mass is 388 g/mol. The fourth-order valence-electron chi connectivity index (χ4n) is 5.38. The van der Waals surface area contributed by atoms with E-state index in [1.54, 1.807) is 0 Å². The molecule has 2 N–H and O–H groups in total. The van der Waals surface area contributed by atoms with Crippen molar-refractivity contribution in [1.82, 2.24) is 0 Å². The molecule has 2 aliphatic rings. The lowest BCUT2D eigenvalue weighted by Gasteiger charge is -2.46. The summed E-state index contributed by atoms with van der Waals surface area (Å²) in [6.07, 6.45) is 13.6.